The van der Waals surface area contributed by atoms with Gasteiger partial charge in [-0.1, -0.05) is 30.3 Å². The van der Waals surface area contributed by atoms with Crippen molar-refractivity contribution in [1.29, 1.82) is 0 Å². The second-order valence-corrected chi connectivity index (χ2v) is 5.43. The van der Waals surface area contributed by atoms with Crippen LogP contribution >= 0.6 is 17.0 Å². The lowest BCUT2D eigenvalue weighted by Crippen LogP contribution is -2.37. The molecule has 25 heavy (non-hydrogen) atoms. The van der Waals surface area contributed by atoms with Crippen molar-refractivity contribution in [2.75, 3.05) is 0 Å². The standard InChI is InChI=1S/C18H15N2O3.BrH.H2O/c1-13-6-7-15(10-17(13)20(22)23)18(21)12-19-9-8-14-4-2-3-5-16(14)11-19;;/h2-11H,12H2,1H3;1H;1H2/q+1;;. The largest absolute Gasteiger partial charge is 0.412 e. The van der Waals surface area contributed by atoms with Gasteiger partial charge in [-0.25, -0.2) is 0 Å². The molecule has 0 aliphatic rings. The third-order valence-electron chi connectivity index (χ3n) is 3.80. The summed E-state index contributed by atoms with van der Waals surface area (Å²) in [4.78, 5) is 22.9. The van der Waals surface area contributed by atoms with Crippen LogP contribution in [0, 0.1) is 17.0 Å². The fourth-order valence-corrected chi connectivity index (χ4v) is 2.51. The molecule has 3 aromatic rings. The summed E-state index contributed by atoms with van der Waals surface area (Å²) in [6.45, 7) is 1.80. The molecule has 0 aliphatic carbocycles. The molecule has 1 heterocycles. The van der Waals surface area contributed by atoms with Gasteiger partial charge in [-0.05, 0) is 18.4 Å². The molecule has 0 saturated heterocycles. The lowest BCUT2D eigenvalue weighted by Gasteiger charge is -2.02. The minimum atomic E-state index is -0.463. The first kappa shape index (κ1) is 20.4. The van der Waals surface area contributed by atoms with Gasteiger partial charge in [0, 0.05) is 28.6 Å². The highest BCUT2D eigenvalue weighted by Crippen LogP contribution is 2.19. The molecule has 0 atom stereocenters. The van der Waals surface area contributed by atoms with Crippen LogP contribution in [0.2, 0.25) is 0 Å². The number of carbonyl (C=O) groups excluding carboxylic acids is 1. The average Bonchev–Trinajstić information content (AvgIpc) is 2.54. The molecule has 0 aliphatic heterocycles. The van der Waals surface area contributed by atoms with Gasteiger partial charge in [-0.3, -0.25) is 14.9 Å². The van der Waals surface area contributed by atoms with Crippen LogP contribution in [-0.4, -0.2) is 16.2 Å². The fraction of sp³-hybridized carbons (Fsp3) is 0.111. The second kappa shape index (κ2) is 8.46. The summed E-state index contributed by atoms with van der Waals surface area (Å²) in [7, 11) is 0. The molecule has 6 nitrogen and oxygen atoms in total. The number of carbonyl (C=O) groups is 1. The number of nitro benzene ring substituents is 1. The number of fused-ring (bicyclic) bond motifs is 1. The van der Waals surface area contributed by atoms with Gasteiger partial charge in [0.25, 0.3) is 5.69 Å². The molecule has 0 spiro atoms. The zero-order chi connectivity index (χ0) is 16.4. The van der Waals surface area contributed by atoms with Crippen LogP contribution < -0.4 is 4.57 Å². The molecular weight excluding hydrogens is 388 g/mol. The third kappa shape index (κ3) is 4.46. The first-order valence-electron chi connectivity index (χ1n) is 7.21. The Balaban J connectivity index is 0.00000156. The molecule has 0 amide bonds. The quantitative estimate of drug-likeness (QED) is 0.288. The number of ketones is 1. The van der Waals surface area contributed by atoms with E-state index in [1.807, 2.05) is 42.7 Å². The minimum Gasteiger partial charge on any atom is -0.412 e. The van der Waals surface area contributed by atoms with Gasteiger partial charge >= 0.3 is 0 Å². The molecule has 0 radical (unpaired) electrons. The Bertz CT molecular complexity index is 928. The van der Waals surface area contributed by atoms with Crippen LogP contribution in [0.5, 0.6) is 0 Å². The monoisotopic (exact) mass is 405 g/mol. The Kier molecular flexibility index (Phi) is 6.90. The Labute approximate surface area is 155 Å². The zero-order valence-corrected chi connectivity index (χ0v) is 15.2. The topological polar surface area (TPSA) is 95.6 Å². The van der Waals surface area contributed by atoms with Crippen LogP contribution in [0.4, 0.5) is 5.69 Å². The number of Topliss-reactive ketones (excluding diaryl/α,β-unsaturated/α-hetero) is 1. The first-order valence-corrected chi connectivity index (χ1v) is 7.21. The van der Waals surface area contributed by atoms with Gasteiger partial charge < -0.3 is 5.48 Å². The summed E-state index contributed by atoms with van der Waals surface area (Å²) >= 11 is 0. The van der Waals surface area contributed by atoms with Gasteiger partial charge in [-0.15, -0.1) is 17.0 Å². The summed E-state index contributed by atoms with van der Waals surface area (Å²) in [5, 5.41) is 13.1. The van der Waals surface area contributed by atoms with Gasteiger partial charge in [0.1, 0.15) is 0 Å². The molecule has 2 aromatic carbocycles. The predicted octanol–water partition coefficient (Wildman–Crippen LogP) is 2.98. The van der Waals surface area contributed by atoms with Gasteiger partial charge in [0.2, 0.25) is 12.3 Å². The SMILES string of the molecule is Br.Cc1ccc(C(=O)C[n+]2ccc3ccccc3c2)cc1[N+](=O)[O-].O. The average molecular weight is 406 g/mol. The van der Waals surface area contributed by atoms with Gasteiger partial charge in [0.05, 0.1) is 4.92 Å². The van der Waals surface area contributed by atoms with E-state index < -0.39 is 4.92 Å². The minimum absolute atomic E-state index is 0. The van der Waals surface area contributed by atoms with Crippen molar-refractivity contribution in [1.82, 2.24) is 0 Å². The summed E-state index contributed by atoms with van der Waals surface area (Å²) < 4.78 is 1.79. The van der Waals surface area contributed by atoms with Crippen molar-refractivity contribution in [3.63, 3.8) is 0 Å². The van der Waals surface area contributed by atoms with Crippen LogP contribution in [0.1, 0.15) is 15.9 Å². The van der Waals surface area contributed by atoms with E-state index in [1.165, 1.54) is 6.07 Å². The highest BCUT2D eigenvalue weighted by atomic mass is 79.9. The maximum Gasteiger partial charge on any atom is 0.273 e. The van der Waals surface area contributed by atoms with E-state index in [9.17, 15) is 14.9 Å². The number of halogens is 1. The number of pyridine rings is 1. The number of benzene rings is 2. The zero-order valence-electron chi connectivity index (χ0n) is 13.5. The molecule has 0 saturated carbocycles. The van der Waals surface area contributed by atoms with Crippen molar-refractivity contribution in [3.8, 4) is 0 Å². The van der Waals surface area contributed by atoms with E-state index in [0.29, 0.717) is 11.1 Å². The second-order valence-electron chi connectivity index (χ2n) is 5.43. The Morgan fingerprint density at radius 2 is 1.80 bits per heavy atom. The maximum absolute atomic E-state index is 12.4. The first-order chi connectivity index (χ1) is 11.0. The van der Waals surface area contributed by atoms with Crippen molar-refractivity contribution in [2.24, 2.45) is 0 Å². The summed E-state index contributed by atoms with van der Waals surface area (Å²) in [6.07, 6.45) is 3.73. The summed E-state index contributed by atoms with van der Waals surface area (Å²) in [5.74, 6) is -0.159. The number of rotatable bonds is 4. The van der Waals surface area contributed by atoms with E-state index in [4.69, 9.17) is 0 Å². The molecule has 130 valence electrons. The summed E-state index contributed by atoms with van der Waals surface area (Å²) in [5.41, 5.74) is 0.868. The number of hydrogen-bond acceptors (Lipinski definition) is 3. The van der Waals surface area contributed by atoms with E-state index >= 15 is 0 Å². The van der Waals surface area contributed by atoms with E-state index in [1.54, 1.807) is 23.6 Å². The Hall–Kier alpha value is -2.64. The molecule has 1 aromatic heterocycles. The Morgan fingerprint density at radius 1 is 1.12 bits per heavy atom. The highest BCUT2D eigenvalue weighted by molar-refractivity contribution is 8.93. The third-order valence-corrected chi connectivity index (χ3v) is 3.80. The van der Waals surface area contributed by atoms with Gasteiger partial charge in [-0.2, -0.15) is 4.57 Å². The number of hydrogen-bond donors (Lipinski definition) is 0. The van der Waals surface area contributed by atoms with Crippen molar-refractivity contribution < 1.29 is 19.8 Å². The normalized spacial score (nSPS) is 9.80. The van der Waals surface area contributed by atoms with Gasteiger partial charge in [0.15, 0.2) is 12.4 Å². The molecule has 0 fully saturated rings. The van der Waals surface area contributed by atoms with Crippen molar-refractivity contribution in [2.45, 2.75) is 13.5 Å². The van der Waals surface area contributed by atoms with Crippen LogP contribution in [0.25, 0.3) is 10.8 Å². The number of aryl methyl sites for hydroxylation is 1. The predicted molar refractivity (Wildman–Crippen MR) is 100 cm³/mol. The molecule has 2 N–H and O–H groups in total. The number of nitro groups is 1. The van der Waals surface area contributed by atoms with E-state index in [-0.39, 0.29) is 40.5 Å². The van der Waals surface area contributed by atoms with Crippen molar-refractivity contribution in [3.05, 3.63) is 82.2 Å². The number of nitrogens with zero attached hydrogens (tertiary/aromatic N) is 2. The van der Waals surface area contributed by atoms with E-state index in [0.717, 1.165) is 10.8 Å². The molecule has 3 rings (SSSR count). The lowest BCUT2D eigenvalue weighted by molar-refractivity contribution is -0.681. The van der Waals surface area contributed by atoms with Crippen LogP contribution in [-0.2, 0) is 6.54 Å². The van der Waals surface area contributed by atoms with Crippen molar-refractivity contribution >= 4 is 39.2 Å². The summed E-state index contributed by atoms with van der Waals surface area (Å²) in [6, 6.07) is 14.4. The fourth-order valence-electron chi connectivity index (χ4n) is 2.51. The molecule has 0 bridgehead atoms. The Morgan fingerprint density at radius 3 is 2.48 bits per heavy atom. The highest BCUT2D eigenvalue weighted by Gasteiger charge is 2.18. The van der Waals surface area contributed by atoms with Crippen LogP contribution in [0.3, 0.4) is 0 Å². The smallest absolute Gasteiger partial charge is 0.273 e. The maximum atomic E-state index is 12.4. The molecule has 0 unspecified atom stereocenters. The van der Waals surface area contributed by atoms with E-state index in [2.05, 4.69) is 0 Å². The molecular formula is C18H18BrN2O4+. The molecule has 7 heteroatoms. The van der Waals surface area contributed by atoms with Crippen LogP contribution in [0.15, 0.2) is 60.9 Å². The number of aromatic nitrogens is 1. The lowest BCUT2D eigenvalue weighted by atomic mass is 10.1.